The molecule has 1 aliphatic heterocycles. The predicted molar refractivity (Wildman–Crippen MR) is 117 cm³/mol. The van der Waals surface area contributed by atoms with Crippen LogP contribution in [-0.4, -0.2) is 41.9 Å². The minimum Gasteiger partial charge on any atom is -0.455 e. The SMILES string of the molecule is Cc1cc(NC(=O)COC(=O)[C@H]2CC(=O)N(NC(=O)c3ccccc3C)C2)ccc1Br. The van der Waals surface area contributed by atoms with E-state index in [4.69, 9.17) is 4.74 Å². The molecule has 9 heteroatoms. The van der Waals surface area contributed by atoms with Crippen molar-refractivity contribution >= 4 is 45.3 Å². The highest BCUT2D eigenvalue weighted by atomic mass is 79.9. The van der Waals surface area contributed by atoms with E-state index in [9.17, 15) is 19.2 Å². The number of hydrogen-bond donors (Lipinski definition) is 2. The molecule has 2 N–H and O–H groups in total. The Morgan fingerprint density at radius 1 is 1.13 bits per heavy atom. The van der Waals surface area contributed by atoms with Crippen molar-refractivity contribution in [3.8, 4) is 0 Å². The van der Waals surface area contributed by atoms with Gasteiger partial charge in [0, 0.05) is 22.1 Å². The molecule has 3 amide bonds. The topological polar surface area (TPSA) is 105 Å². The first-order chi connectivity index (χ1) is 14.7. The van der Waals surface area contributed by atoms with Gasteiger partial charge in [-0.25, -0.2) is 0 Å². The molecule has 1 atom stereocenters. The van der Waals surface area contributed by atoms with Gasteiger partial charge in [0.25, 0.3) is 11.8 Å². The number of carbonyl (C=O) groups excluding carboxylic acids is 4. The Morgan fingerprint density at radius 2 is 1.87 bits per heavy atom. The van der Waals surface area contributed by atoms with E-state index in [1.807, 2.05) is 13.0 Å². The zero-order chi connectivity index (χ0) is 22.5. The van der Waals surface area contributed by atoms with Crippen molar-refractivity contribution in [2.24, 2.45) is 5.92 Å². The number of carbonyl (C=O) groups is 4. The smallest absolute Gasteiger partial charge is 0.311 e. The predicted octanol–water partition coefficient (Wildman–Crippen LogP) is 2.74. The summed E-state index contributed by atoms with van der Waals surface area (Å²) in [5.74, 6) is -2.72. The highest BCUT2D eigenvalue weighted by Crippen LogP contribution is 2.21. The van der Waals surface area contributed by atoms with Gasteiger partial charge in [0.15, 0.2) is 6.61 Å². The molecule has 0 radical (unpaired) electrons. The Morgan fingerprint density at radius 3 is 2.58 bits per heavy atom. The van der Waals surface area contributed by atoms with Crippen molar-refractivity contribution in [1.82, 2.24) is 10.4 Å². The summed E-state index contributed by atoms with van der Waals surface area (Å²) in [6.07, 6.45) is -0.0968. The van der Waals surface area contributed by atoms with E-state index in [0.717, 1.165) is 20.6 Å². The number of hydrazine groups is 1. The largest absolute Gasteiger partial charge is 0.455 e. The molecular weight excluding hydrogens is 466 g/mol. The first kappa shape index (κ1) is 22.5. The fourth-order valence-corrected chi connectivity index (χ4v) is 3.40. The third-order valence-corrected chi connectivity index (χ3v) is 5.76. The molecule has 2 aromatic carbocycles. The molecule has 1 heterocycles. The summed E-state index contributed by atoms with van der Waals surface area (Å²) >= 11 is 3.38. The number of amides is 3. The number of halogens is 1. The van der Waals surface area contributed by atoms with Crippen LogP contribution in [0.15, 0.2) is 46.9 Å². The summed E-state index contributed by atoms with van der Waals surface area (Å²) in [7, 11) is 0. The Balaban J connectivity index is 1.49. The third-order valence-electron chi connectivity index (χ3n) is 4.87. The lowest BCUT2D eigenvalue weighted by Gasteiger charge is -2.18. The lowest BCUT2D eigenvalue weighted by molar-refractivity contribution is -0.151. The van der Waals surface area contributed by atoms with Crippen molar-refractivity contribution in [1.29, 1.82) is 0 Å². The molecular formula is C22H22BrN3O5. The molecule has 0 saturated carbocycles. The van der Waals surface area contributed by atoms with E-state index >= 15 is 0 Å². The molecule has 162 valence electrons. The van der Waals surface area contributed by atoms with Gasteiger partial charge in [-0.3, -0.25) is 29.6 Å². The molecule has 0 spiro atoms. The molecule has 1 saturated heterocycles. The second kappa shape index (κ2) is 9.74. The first-order valence-electron chi connectivity index (χ1n) is 9.64. The number of aryl methyl sites for hydroxylation is 2. The van der Waals surface area contributed by atoms with Gasteiger partial charge in [0.05, 0.1) is 12.5 Å². The molecule has 0 aliphatic carbocycles. The number of nitrogens with one attached hydrogen (secondary N) is 2. The zero-order valence-corrected chi connectivity index (χ0v) is 18.7. The summed E-state index contributed by atoms with van der Waals surface area (Å²) in [6, 6.07) is 12.3. The van der Waals surface area contributed by atoms with Crippen molar-refractivity contribution in [3.63, 3.8) is 0 Å². The number of benzene rings is 2. The summed E-state index contributed by atoms with van der Waals surface area (Å²) < 4.78 is 5.99. The van der Waals surface area contributed by atoms with Crippen LogP contribution in [0.1, 0.15) is 27.9 Å². The van der Waals surface area contributed by atoms with Gasteiger partial charge in [-0.05, 0) is 49.2 Å². The lowest BCUT2D eigenvalue weighted by atomic mass is 10.1. The number of rotatable bonds is 6. The Hall–Kier alpha value is -3.20. The fourth-order valence-electron chi connectivity index (χ4n) is 3.16. The van der Waals surface area contributed by atoms with Crippen LogP contribution in [0.5, 0.6) is 0 Å². The maximum Gasteiger partial charge on any atom is 0.311 e. The molecule has 3 rings (SSSR count). The molecule has 0 bridgehead atoms. The minimum absolute atomic E-state index is 0.0111. The van der Waals surface area contributed by atoms with Crippen molar-refractivity contribution < 1.29 is 23.9 Å². The van der Waals surface area contributed by atoms with Crippen molar-refractivity contribution in [2.75, 3.05) is 18.5 Å². The van der Waals surface area contributed by atoms with E-state index in [2.05, 4.69) is 26.7 Å². The van der Waals surface area contributed by atoms with E-state index in [1.54, 1.807) is 43.3 Å². The van der Waals surface area contributed by atoms with Crippen LogP contribution < -0.4 is 10.7 Å². The van der Waals surface area contributed by atoms with Crippen LogP contribution in [0, 0.1) is 19.8 Å². The van der Waals surface area contributed by atoms with Crippen LogP contribution in [0.2, 0.25) is 0 Å². The maximum atomic E-state index is 12.4. The van der Waals surface area contributed by atoms with E-state index < -0.39 is 36.2 Å². The molecule has 8 nitrogen and oxygen atoms in total. The lowest BCUT2D eigenvalue weighted by Crippen LogP contribution is -2.43. The molecule has 1 aliphatic rings. The number of anilines is 1. The van der Waals surface area contributed by atoms with Gasteiger partial charge in [-0.1, -0.05) is 34.1 Å². The summed E-state index contributed by atoms with van der Waals surface area (Å²) in [4.78, 5) is 49.0. The molecule has 0 unspecified atom stereocenters. The standard InChI is InChI=1S/C22H22BrN3O5/c1-13-5-3-4-6-17(13)21(29)25-26-11-15(10-20(26)28)22(30)31-12-19(27)24-16-7-8-18(23)14(2)9-16/h3-9,15H,10-12H2,1-2H3,(H,24,27)(H,25,29)/t15-/m0/s1. The van der Waals surface area contributed by atoms with E-state index in [0.29, 0.717) is 11.3 Å². The third kappa shape index (κ3) is 5.69. The number of esters is 1. The summed E-state index contributed by atoms with van der Waals surface area (Å²) in [5.41, 5.74) is 5.29. The van der Waals surface area contributed by atoms with Gasteiger partial charge in [-0.2, -0.15) is 0 Å². The van der Waals surface area contributed by atoms with Gasteiger partial charge in [-0.15, -0.1) is 0 Å². The van der Waals surface area contributed by atoms with Gasteiger partial charge in [0.2, 0.25) is 5.91 Å². The van der Waals surface area contributed by atoms with Crippen LogP contribution in [-0.2, 0) is 19.1 Å². The van der Waals surface area contributed by atoms with E-state index in [1.165, 1.54) is 0 Å². The fraction of sp³-hybridized carbons (Fsp3) is 0.273. The highest BCUT2D eigenvalue weighted by molar-refractivity contribution is 9.10. The van der Waals surface area contributed by atoms with E-state index in [-0.39, 0.29) is 13.0 Å². The number of ether oxygens (including phenoxy) is 1. The summed E-state index contributed by atoms with van der Waals surface area (Å²) in [6.45, 7) is 3.21. The molecule has 2 aromatic rings. The summed E-state index contributed by atoms with van der Waals surface area (Å²) in [5, 5.41) is 3.77. The maximum absolute atomic E-state index is 12.4. The zero-order valence-electron chi connectivity index (χ0n) is 17.1. The minimum atomic E-state index is -0.757. The van der Waals surface area contributed by atoms with Crippen LogP contribution in [0.4, 0.5) is 5.69 Å². The van der Waals surface area contributed by atoms with Gasteiger partial charge in [0.1, 0.15) is 0 Å². The van der Waals surface area contributed by atoms with Crippen molar-refractivity contribution in [2.45, 2.75) is 20.3 Å². The molecule has 31 heavy (non-hydrogen) atoms. The Bertz CT molecular complexity index is 1040. The average Bonchev–Trinajstić information content (AvgIpc) is 3.09. The normalized spacial score (nSPS) is 15.5. The number of hydrogen-bond acceptors (Lipinski definition) is 5. The van der Waals surface area contributed by atoms with Gasteiger partial charge < -0.3 is 10.1 Å². The quantitative estimate of drug-likeness (QED) is 0.609. The van der Waals surface area contributed by atoms with Crippen LogP contribution >= 0.6 is 15.9 Å². The average molecular weight is 488 g/mol. The second-order valence-electron chi connectivity index (χ2n) is 7.28. The molecule has 1 fully saturated rings. The molecule has 0 aromatic heterocycles. The highest BCUT2D eigenvalue weighted by Gasteiger charge is 2.36. The first-order valence-corrected chi connectivity index (χ1v) is 10.4. The Labute approximate surface area is 188 Å². The van der Waals surface area contributed by atoms with Gasteiger partial charge >= 0.3 is 5.97 Å². The van der Waals surface area contributed by atoms with Crippen LogP contribution in [0.3, 0.4) is 0 Å². The monoisotopic (exact) mass is 487 g/mol. The number of nitrogens with zero attached hydrogens (tertiary/aromatic N) is 1. The van der Waals surface area contributed by atoms with Crippen molar-refractivity contribution in [3.05, 3.63) is 63.6 Å². The van der Waals surface area contributed by atoms with Crippen LogP contribution in [0.25, 0.3) is 0 Å². The second-order valence-corrected chi connectivity index (χ2v) is 8.14. The Kier molecular flexibility index (Phi) is 7.06.